The molecule has 0 aromatic heterocycles. The van der Waals surface area contributed by atoms with Gasteiger partial charge in [0.05, 0.1) is 13.7 Å². The molecule has 70 valence electrons. The summed E-state index contributed by atoms with van der Waals surface area (Å²) < 4.78 is 8.76. The van der Waals surface area contributed by atoms with E-state index < -0.39 is 18.2 Å². The van der Waals surface area contributed by atoms with Gasteiger partial charge in [-0.3, -0.25) is 0 Å². The zero-order valence-corrected chi connectivity index (χ0v) is 6.86. The number of methoxy groups -OCH3 is 2. The minimum absolute atomic E-state index is 0.113. The van der Waals surface area contributed by atoms with Gasteiger partial charge in [-0.15, -0.1) is 0 Å². The number of carbonyl (C=O) groups is 2. The van der Waals surface area contributed by atoms with Crippen LogP contribution in [0, 0.1) is 0 Å². The average molecular weight is 177 g/mol. The van der Waals surface area contributed by atoms with Gasteiger partial charge in [0.15, 0.2) is 6.10 Å². The van der Waals surface area contributed by atoms with Crippen LogP contribution in [0.25, 0.3) is 0 Å². The minimum atomic E-state index is -1.13. The lowest BCUT2D eigenvalue weighted by Crippen LogP contribution is -2.37. The summed E-state index contributed by atoms with van der Waals surface area (Å²) in [5.74, 6) is -1.13. The second-order valence-corrected chi connectivity index (χ2v) is 1.94. The Morgan fingerprint density at radius 3 is 2.42 bits per heavy atom. The fraction of sp³-hybridized carbons (Fsp3) is 0.667. The number of carboxylic acids is 1. The van der Waals surface area contributed by atoms with Crippen LogP contribution in [-0.4, -0.2) is 44.0 Å². The molecule has 0 aliphatic carbocycles. The first-order valence-corrected chi connectivity index (χ1v) is 3.19. The SMILES string of the molecule is COC(=O)NCC(OC)C(=O)O. The first kappa shape index (κ1) is 10.7. The maximum Gasteiger partial charge on any atom is 0.406 e. The normalized spacial score (nSPS) is 11.8. The van der Waals surface area contributed by atoms with Crippen molar-refractivity contribution in [2.24, 2.45) is 0 Å². The zero-order chi connectivity index (χ0) is 9.56. The fourth-order valence-corrected chi connectivity index (χ4v) is 0.520. The molecule has 0 aliphatic heterocycles. The van der Waals surface area contributed by atoms with Crippen LogP contribution in [0.15, 0.2) is 0 Å². The van der Waals surface area contributed by atoms with Crippen molar-refractivity contribution in [1.82, 2.24) is 5.32 Å². The van der Waals surface area contributed by atoms with Crippen molar-refractivity contribution in [1.29, 1.82) is 0 Å². The van der Waals surface area contributed by atoms with E-state index in [0.717, 1.165) is 0 Å². The standard InChI is InChI=1S/C6H11NO5/c1-11-4(5(8)9)3-7-6(10)12-2/h4H,3H2,1-2H3,(H,7,10)(H,8,9). The summed E-state index contributed by atoms with van der Waals surface area (Å²) in [4.78, 5) is 20.8. The molecule has 1 atom stereocenters. The molecule has 0 spiro atoms. The summed E-state index contributed by atoms with van der Waals surface area (Å²) in [6.07, 6.45) is -1.72. The van der Waals surface area contributed by atoms with Gasteiger partial charge in [-0.05, 0) is 0 Å². The average Bonchev–Trinajstić information content (AvgIpc) is 2.04. The topological polar surface area (TPSA) is 84.9 Å². The van der Waals surface area contributed by atoms with Crippen LogP contribution in [0.2, 0.25) is 0 Å². The number of nitrogens with one attached hydrogen (secondary N) is 1. The van der Waals surface area contributed by atoms with Gasteiger partial charge in [0.25, 0.3) is 0 Å². The van der Waals surface area contributed by atoms with E-state index in [9.17, 15) is 9.59 Å². The van der Waals surface area contributed by atoms with Gasteiger partial charge in [-0.1, -0.05) is 0 Å². The zero-order valence-electron chi connectivity index (χ0n) is 6.86. The summed E-state index contributed by atoms with van der Waals surface area (Å²) in [6.45, 7) is -0.113. The molecule has 12 heavy (non-hydrogen) atoms. The van der Waals surface area contributed by atoms with E-state index in [0.29, 0.717) is 0 Å². The molecule has 1 amide bonds. The van der Waals surface area contributed by atoms with Crippen molar-refractivity contribution in [3.8, 4) is 0 Å². The van der Waals surface area contributed by atoms with E-state index >= 15 is 0 Å². The molecule has 6 heteroatoms. The molecule has 0 aliphatic rings. The lowest BCUT2D eigenvalue weighted by atomic mass is 10.3. The third-order valence-corrected chi connectivity index (χ3v) is 1.18. The summed E-state index contributed by atoms with van der Waals surface area (Å²) in [5, 5.41) is 10.6. The van der Waals surface area contributed by atoms with Gasteiger partial charge < -0.3 is 19.9 Å². The molecule has 0 radical (unpaired) electrons. The third kappa shape index (κ3) is 3.77. The van der Waals surface area contributed by atoms with E-state index in [2.05, 4.69) is 14.8 Å². The van der Waals surface area contributed by atoms with Crippen LogP contribution in [0.5, 0.6) is 0 Å². The predicted molar refractivity (Wildman–Crippen MR) is 38.8 cm³/mol. The molecule has 6 nitrogen and oxygen atoms in total. The maximum atomic E-state index is 10.5. The van der Waals surface area contributed by atoms with E-state index in [-0.39, 0.29) is 6.54 Å². The summed E-state index contributed by atoms with van der Waals surface area (Å²) in [5.41, 5.74) is 0. The van der Waals surface area contributed by atoms with Crippen LogP contribution >= 0.6 is 0 Å². The number of amides is 1. The number of aliphatic carboxylic acids is 1. The molecular weight excluding hydrogens is 166 g/mol. The Labute approximate surface area is 69.5 Å². The van der Waals surface area contributed by atoms with E-state index in [1.165, 1.54) is 14.2 Å². The number of carbonyl (C=O) groups excluding carboxylic acids is 1. The highest BCUT2D eigenvalue weighted by molar-refractivity contribution is 5.74. The number of alkyl carbamates (subject to hydrolysis) is 1. The highest BCUT2D eigenvalue weighted by atomic mass is 16.5. The first-order chi connectivity index (χ1) is 5.61. The smallest absolute Gasteiger partial charge is 0.406 e. The number of rotatable bonds is 4. The van der Waals surface area contributed by atoms with Crippen LogP contribution in [0.1, 0.15) is 0 Å². The predicted octanol–water partition coefficient (Wildman–Crippen LogP) is -0.558. The monoisotopic (exact) mass is 177 g/mol. The Morgan fingerprint density at radius 2 is 2.08 bits per heavy atom. The molecule has 0 saturated heterocycles. The Balaban J connectivity index is 3.73. The van der Waals surface area contributed by atoms with Crippen LogP contribution in [0.4, 0.5) is 4.79 Å². The molecular formula is C6H11NO5. The number of ether oxygens (including phenoxy) is 2. The van der Waals surface area contributed by atoms with Gasteiger partial charge in [-0.25, -0.2) is 9.59 Å². The Hall–Kier alpha value is -1.30. The van der Waals surface area contributed by atoms with Crippen LogP contribution in [-0.2, 0) is 14.3 Å². The molecule has 2 N–H and O–H groups in total. The molecule has 0 heterocycles. The van der Waals surface area contributed by atoms with Crippen molar-refractivity contribution >= 4 is 12.1 Å². The number of hydrogen-bond donors (Lipinski definition) is 2. The van der Waals surface area contributed by atoms with Crippen molar-refractivity contribution in [2.45, 2.75) is 6.10 Å². The van der Waals surface area contributed by atoms with Gasteiger partial charge in [-0.2, -0.15) is 0 Å². The van der Waals surface area contributed by atoms with Crippen molar-refractivity contribution in [3.05, 3.63) is 0 Å². The number of hydrogen-bond acceptors (Lipinski definition) is 4. The lowest BCUT2D eigenvalue weighted by Gasteiger charge is -2.10. The van der Waals surface area contributed by atoms with Gasteiger partial charge >= 0.3 is 12.1 Å². The maximum absolute atomic E-state index is 10.5. The fourth-order valence-electron chi connectivity index (χ4n) is 0.520. The Kier molecular flexibility index (Phi) is 4.78. The molecule has 0 saturated carbocycles. The molecule has 0 rings (SSSR count). The summed E-state index contributed by atoms with van der Waals surface area (Å²) in [7, 11) is 2.44. The van der Waals surface area contributed by atoms with E-state index in [1.807, 2.05) is 0 Å². The summed E-state index contributed by atoms with van der Waals surface area (Å²) in [6, 6.07) is 0. The summed E-state index contributed by atoms with van der Waals surface area (Å²) >= 11 is 0. The second kappa shape index (κ2) is 5.36. The van der Waals surface area contributed by atoms with Crippen molar-refractivity contribution in [3.63, 3.8) is 0 Å². The van der Waals surface area contributed by atoms with Gasteiger partial charge in [0.2, 0.25) is 0 Å². The largest absolute Gasteiger partial charge is 0.479 e. The molecule has 0 aromatic rings. The lowest BCUT2D eigenvalue weighted by molar-refractivity contribution is -0.148. The Bertz CT molecular complexity index is 169. The third-order valence-electron chi connectivity index (χ3n) is 1.18. The van der Waals surface area contributed by atoms with Crippen molar-refractivity contribution < 1.29 is 24.2 Å². The van der Waals surface area contributed by atoms with E-state index in [4.69, 9.17) is 5.11 Å². The molecule has 0 fully saturated rings. The minimum Gasteiger partial charge on any atom is -0.479 e. The van der Waals surface area contributed by atoms with Gasteiger partial charge in [0.1, 0.15) is 0 Å². The van der Waals surface area contributed by atoms with Crippen LogP contribution < -0.4 is 5.32 Å². The van der Waals surface area contributed by atoms with E-state index in [1.54, 1.807) is 0 Å². The first-order valence-electron chi connectivity index (χ1n) is 3.19. The highest BCUT2D eigenvalue weighted by Crippen LogP contribution is 1.87. The van der Waals surface area contributed by atoms with Gasteiger partial charge in [0, 0.05) is 7.11 Å². The van der Waals surface area contributed by atoms with Crippen LogP contribution in [0.3, 0.4) is 0 Å². The Morgan fingerprint density at radius 1 is 1.50 bits per heavy atom. The molecule has 0 aromatic carbocycles. The quantitative estimate of drug-likeness (QED) is 0.601. The second-order valence-electron chi connectivity index (χ2n) is 1.94. The molecule has 1 unspecified atom stereocenters. The highest BCUT2D eigenvalue weighted by Gasteiger charge is 2.16. The molecule has 0 bridgehead atoms. The number of carboxylic acid groups (broad SMARTS) is 1. The van der Waals surface area contributed by atoms with Crippen molar-refractivity contribution in [2.75, 3.05) is 20.8 Å².